The van der Waals surface area contributed by atoms with Crippen molar-refractivity contribution in [3.8, 4) is 0 Å². The number of aromatic nitrogens is 3. The van der Waals surface area contributed by atoms with E-state index in [2.05, 4.69) is 24.0 Å². The van der Waals surface area contributed by atoms with Crippen molar-refractivity contribution in [3.05, 3.63) is 11.1 Å². The lowest BCUT2D eigenvalue weighted by molar-refractivity contribution is 0.103. The summed E-state index contributed by atoms with van der Waals surface area (Å²) in [5.41, 5.74) is 0. The minimum atomic E-state index is 0.427. The van der Waals surface area contributed by atoms with Crippen molar-refractivity contribution < 1.29 is 4.74 Å². The molecule has 0 saturated heterocycles. The molecule has 4 nitrogen and oxygen atoms in total. The standard InChI is InChI=1S/C9H16ClN3O/c1-7(2)6-14-5-4-13-8(3)11-12-9(13)10/h7H,4-6H2,1-3H3. The lowest BCUT2D eigenvalue weighted by atomic mass is 10.2. The first-order chi connectivity index (χ1) is 6.61. The van der Waals surface area contributed by atoms with Gasteiger partial charge in [0.15, 0.2) is 0 Å². The number of halogens is 1. The first kappa shape index (κ1) is 11.5. The Hall–Kier alpha value is -0.610. The molecule has 0 spiro atoms. The SMILES string of the molecule is Cc1nnc(Cl)n1CCOCC(C)C. The Morgan fingerprint density at radius 1 is 1.43 bits per heavy atom. The summed E-state index contributed by atoms with van der Waals surface area (Å²) < 4.78 is 7.28. The van der Waals surface area contributed by atoms with Crippen molar-refractivity contribution in [2.45, 2.75) is 27.3 Å². The third-order valence-electron chi connectivity index (χ3n) is 1.80. The molecular formula is C9H16ClN3O. The Labute approximate surface area is 89.2 Å². The topological polar surface area (TPSA) is 39.9 Å². The average Bonchev–Trinajstić information content (AvgIpc) is 2.42. The third-order valence-corrected chi connectivity index (χ3v) is 2.08. The van der Waals surface area contributed by atoms with Crippen LogP contribution >= 0.6 is 11.6 Å². The van der Waals surface area contributed by atoms with Crippen LogP contribution in [0.5, 0.6) is 0 Å². The lowest BCUT2D eigenvalue weighted by Gasteiger charge is -2.08. The van der Waals surface area contributed by atoms with Gasteiger partial charge >= 0.3 is 0 Å². The van der Waals surface area contributed by atoms with E-state index in [1.807, 2.05) is 11.5 Å². The van der Waals surface area contributed by atoms with E-state index in [-0.39, 0.29) is 0 Å². The predicted molar refractivity (Wildman–Crippen MR) is 55.4 cm³/mol. The maximum absolute atomic E-state index is 5.82. The average molecular weight is 218 g/mol. The van der Waals surface area contributed by atoms with Crippen LogP contribution in [0.4, 0.5) is 0 Å². The summed E-state index contributed by atoms with van der Waals surface area (Å²) in [6, 6.07) is 0. The summed E-state index contributed by atoms with van der Waals surface area (Å²) in [5, 5.41) is 8.03. The van der Waals surface area contributed by atoms with E-state index in [1.54, 1.807) is 0 Å². The summed E-state index contributed by atoms with van der Waals surface area (Å²) in [4.78, 5) is 0. The number of rotatable bonds is 5. The largest absolute Gasteiger partial charge is 0.379 e. The highest BCUT2D eigenvalue weighted by Crippen LogP contribution is 2.06. The molecule has 5 heteroatoms. The Balaban J connectivity index is 2.31. The molecule has 1 aromatic heterocycles. The minimum Gasteiger partial charge on any atom is -0.379 e. The summed E-state index contributed by atoms with van der Waals surface area (Å²) in [7, 11) is 0. The van der Waals surface area contributed by atoms with Gasteiger partial charge in [0.05, 0.1) is 13.2 Å². The number of hydrogen-bond acceptors (Lipinski definition) is 3. The van der Waals surface area contributed by atoms with E-state index < -0.39 is 0 Å². The molecule has 1 heterocycles. The van der Waals surface area contributed by atoms with E-state index in [9.17, 15) is 0 Å². The molecule has 0 aromatic carbocycles. The van der Waals surface area contributed by atoms with Crippen LogP contribution in [0.25, 0.3) is 0 Å². The van der Waals surface area contributed by atoms with Gasteiger partial charge in [-0.25, -0.2) is 0 Å². The van der Waals surface area contributed by atoms with Crippen LogP contribution in [0, 0.1) is 12.8 Å². The van der Waals surface area contributed by atoms with Crippen molar-refractivity contribution in [2.24, 2.45) is 5.92 Å². The molecule has 0 bridgehead atoms. The molecule has 0 radical (unpaired) electrons. The molecule has 0 aliphatic carbocycles. The molecule has 80 valence electrons. The van der Waals surface area contributed by atoms with Gasteiger partial charge in [-0.3, -0.25) is 4.57 Å². The molecule has 0 aliphatic rings. The summed E-state index contributed by atoms with van der Waals surface area (Å²) in [6.07, 6.45) is 0. The van der Waals surface area contributed by atoms with Gasteiger partial charge in [-0.1, -0.05) is 13.8 Å². The summed E-state index contributed by atoms with van der Waals surface area (Å²) >= 11 is 5.82. The van der Waals surface area contributed by atoms with E-state index >= 15 is 0 Å². The van der Waals surface area contributed by atoms with Crippen molar-refractivity contribution in [1.29, 1.82) is 0 Å². The molecule has 1 rings (SSSR count). The van der Waals surface area contributed by atoms with E-state index in [1.165, 1.54) is 0 Å². The number of aryl methyl sites for hydroxylation is 1. The van der Waals surface area contributed by atoms with Gasteiger partial charge in [0.25, 0.3) is 0 Å². The fourth-order valence-corrected chi connectivity index (χ4v) is 1.33. The van der Waals surface area contributed by atoms with Crippen LogP contribution in [0.15, 0.2) is 0 Å². The highest BCUT2D eigenvalue weighted by Gasteiger charge is 2.05. The van der Waals surface area contributed by atoms with Crippen molar-refractivity contribution in [3.63, 3.8) is 0 Å². The Morgan fingerprint density at radius 2 is 2.14 bits per heavy atom. The second-order valence-corrected chi connectivity index (χ2v) is 3.97. The fraction of sp³-hybridized carbons (Fsp3) is 0.778. The number of nitrogens with zero attached hydrogens (tertiary/aromatic N) is 3. The van der Waals surface area contributed by atoms with Crippen molar-refractivity contribution in [2.75, 3.05) is 13.2 Å². The molecule has 0 fully saturated rings. The van der Waals surface area contributed by atoms with Crippen LogP contribution in [-0.4, -0.2) is 28.0 Å². The smallest absolute Gasteiger partial charge is 0.225 e. The molecule has 14 heavy (non-hydrogen) atoms. The molecule has 0 N–H and O–H groups in total. The second-order valence-electron chi connectivity index (χ2n) is 3.64. The predicted octanol–water partition coefficient (Wildman–Crippen LogP) is 1.91. The number of hydrogen-bond donors (Lipinski definition) is 0. The van der Waals surface area contributed by atoms with Crippen LogP contribution in [0.3, 0.4) is 0 Å². The van der Waals surface area contributed by atoms with Crippen molar-refractivity contribution >= 4 is 11.6 Å². The quantitative estimate of drug-likeness (QED) is 0.708. The Kier molecular flexibility index (Phi) is 4.35. The van der Waals surface area contributed by atoms with Crippen LogP contribution in [0.2, 0.25) is 5.28 Å². The highest BCUT2D eigenvalue weighted by atomic mass is 35.5. The molecular weight excluding hydrogens is 202 g/mol. The van der Waals surface area contributed by atoms with E-state index in [4.69, 9.17) is 16.3 Å². The van der Waals surface area contributed by atoms with E-state index in [0.717, 1.165) is 12.4 Å². The van der Waals surface area contributed by atoms with Gasteiger partial charge in [0.1, 0.15) is 5.82 Å². The van der Waals surface area contributed by atoms with Gasteiger partial charge in [0, 0.05) is 6.61 Å². The van der Waals surface area contributed by atoms with Crippen LogP contribution < -0.4 is 0 Å². The molecule has 0 unspecified atom stereocenters. The van der Waals surface area contributed by atoms with Crippen LogP contribution in [0.1, 0.15) is 19.7 Å². The Bertz CT molecular complexity index is 266. The normalized spacial score (nSPS) is 11.2. The maximum atomic E-state index is 5.82. The fourth-order valence-electron chi connectivity index (χ4n) is 1.08. The third kappa shape index (κ3) is 3.27. The zero-order chi connectivity index (χ0) is 10.6. The zero-order valence-electron chi connectivity index (χ0n) is 8.83. The van der Waals surface area contributed by atoms with E-state index in [0.29, 0.717) is 24.4 Å². The van der Waals surface area contributed by atoms with Gasteiger partial charge < -0.3 is 4.74 Å². The monoisotopic (exact) mass is 217 g/mol. The lowest BCUT2D eigenvalue weighted by Crippen LogP contribution is -2.10. The summed E-state index contributed by atoms with van der Waals surface area (Å²) in [6.45, 7) is 8.26. The van der Waals surface area contributed by atoms with Crippen LogP contribution in [-0.2, 0) is 11.3 Å². The molecule has 0 saturated carbocycles. The first-order valence-electron chi connectivity index (χ1n) is 4.74. The molecule has 0 atom stereocenters. The van der Waals surface area contributed by atoms with Crippen molar-refractivity contribution in [1.82, 2.24) is 14.8 Å². The zero-order valence-corrected chi connectivity index (χ0v) is 9.58. The number of ether oxygens (including phenoxy) is 1. The second kappa shape index (κ2) is 5.32. The minimum absolute atomic E-state index is 0.427. The van der Waals surface area contributed by atoms with Gasteiger partial charge in [-0.05, 0) is 24.4 Å². The Morgan fingerprint density at radius 3 is 2.64 bits per heavy atom. The molecule has 0 amide bonds. The van der Waals surface area contributed by atoms with Gasteiger partial charge in [-0.15, -0.1) is 10.2 Å². The maximum Gasteiger partial charge on any atom is 0.225 e. The summed E-state index contributed by atoms with van der Waals surface area (Å²) in [5.74, 6) is 1.38. The van der Waals surface area contributed by atoms with Gasteiger partial charge in [-0.2, -0.15) is 0 Å². The molecule has 1 aromatic rings. The highest BCUT2D eigenvalue weighted by molar-refractivity contribution is 6.28. The van der Waals surface area contributed by atoms with Gasteiger partial charge in [0.2, 0.25) is 5.28 Å². The first-order valence-corrected chi connectivity index (χ1v) is 5.12. The molecule has 0 aliphatic heterocycles.